The molecule has 1 aromatic rings. The molecule has 3 amide bonds. The molecule has 0 radical (unpaired) electrons. The first-order valence-electron chi connectivity index (χ1n) is 8.33. The lowest BCUT2D eigenvalue weighted by molar-refractivity contribution is -0.409. The molecule has 0 aliphatic carbocycles. The highest BCUT2D eigenvalue weighted by atomic mass is 16.5. The van der Waals surface area contributed by atoms with Crippen LogP contribution >= 0.6 is 0 Å². The number of ether oxygens (including phenoxy) is 1. The lowest BCUT2D eigenvalue weighted by atomic mass is 9.94. The molecule has 1 aromatic heterocycles. The number of amides is 3. The van der Waals surface area contributed by atoms with E-state index in [0.29, 0.717) is 24.6 Å². The average Bonchev–Trinajstić information content (AvgIpc) is 2.64. The summed E-state index contributed by atoms with van der Waals surface area (Å²) < 4.78 is 7.20. The van der Waals surface area contributed by atoms with Gasteiger partial charge in [0.1, 0.15) is 18.5 Å². The molecule has 2 aliphatic heterocycles. The summed E-state index contributed by atoms with van der Waals surface area (Å²) in [6.45, 7) is 4.48. The summed E-state index contributed by atoms with van der Waals surface area (Å²) in [6, 6.07) is 3.22. The Hall–Kier alpha value is -2.83. The van der Waals surface area contributed by atoms with Gasteiger partial charge in [0.25, 0.3) is 5.84 Å². The SMILES string of the molecule is CCOC1=C(CC)C=NC2=[N+](C)C(=O)N(Cc3cccnc3)C(=O)C12. The molecule has 3 rings (SSSR count). The summed E-state index contributed by atoms with van der Waals surface area (Å²) in [6.07, 6.45) is 5.69. The van der Waals surface area contributed by atoms with Gasteiger partial charge >= 0.3 is 11.9 Å². The predicted molar refractivity (Wildman–Crippen MR) is 92.3 cm³/mol. The largest absolute Gasteiger partial charge is 0.496 e. The standard InChI is InChI=1S/C18H21N4O3/c1-4-13-10-20-16-14(15(13)25-5-2)17(23)22(18(24)21(16)3)11-12-7-6-8-19-9-12/h6-10,14H,4-5,11H2,1-3H3/q+1. The highest BCUT2D eigenvalue weighted by molar-refractivity contribution is 6.16. The van der Waals surface area contributed by atoms with Gasteiger partial charge in [-0.15, -0.1) is 4.99 Å². The molecular formula is C18H21N4O3+. The van der Waals surface area contributed by atoms with Crippen molar-refractivity contribution in [2.75, 3.05) is 13.7 Å². The topological polar surface area (TPSA) is 74.9 Å². The minimum atomic E-state index is -0.681. The summed E-state index contributed by atoms with van der Waals surface area (Å²) in [7, 11) is 1.63. The zero-order valence-corrected chi connectivity index (χ0v) is 14.6. The second-order valence-electron chi connectivity index (χ2n) is 5.85. The van der Waals surface area contributed by atoms with E-state index in [-0.39, 0.29) is 12.5 Å². The van der Waals surface area contributed by atoms with Crippen LogP contribution in [0.5, 0.6) is 0 Å². The maximum Gasteiger partial charge on any atom is 0.445 e. The van der Waals surface area contributed by atoms with Crippen molar-refractivity contribution in [3.8, 4) is 0 Å². The number of hydrogen-bond acceptors (Lipinski definition) is 5. The Balaban J connectivity index is 2.03. The van der Waals surface area contributed by atoms with Crippen molar-refractivity contribution in [1.82, 2.24) is 9.88 Å². The number of nitrogens with zero attached hydrogens (tertiary/aromatic N) is 4. The number of urea groups is 1. The normalized spacial score (nSPS) is 20.3. The number of imide groups is 1. The van der Waals surface area contributed by atoms with E-state index >= 15 is 0 Å². The monoisotopic (exact) mass is 341 g/mol. The Morgan fingerprint density at radius 1 is 1.32 bits per heavy atom. The fraction of sp³-hybridized carbons (Fsp3) is 0.389. The molecule has 130 valence electrons. The number of hydrogen-bond donors (Lipinski definition) is 0. The number of dihydropyridines is 1. The average molecular weight is 341 g/mol. The molecule has 7 nitrogen and oxygen atoms in total. The third-order valence-electron chi connectivity index (χ3n) is 4.31. The van der Waals surface area contributed by atoms with Gasteiger partial charge in [-0.25, -0.2) is 4.79 Å². The van der Waals surface area contributed by atoms with Gasteiger partial charge in [-0.3, -0.25) is 9.78 Å². The van der Waals surface area contributed by atoms with Crippen LogP contribution in [0.2, 0.25) is 0 Å². The Labute approximate surface area is 146 Å². The number of pyridine rings is 1. The zero-order chi connectivity index (χ0) is 18.0. The first-order valence-corrected chi connectivity index (χ1v) is 8.33. The quantitative estimate of drug-likeness (QED) is 0.768. The van der Waals surface area contributed by atoms with Crippen molar-refractivity contribution in [1.29, 1.82) is 0 Å². The highest BCUT2D eigenvalue weighted by Gasteiger charge is 2.50. The fourth-order valence-electron chi connectivity index (χ4n) is 3.03. The summed E-state index contributed by atoms with van der Waals surface area (Å²) in [5.74, 6) is 0.0149. The number of fused-ring (bicyclic) bond motifs is 1. The third-order valence-corrected chi connectivity index (χ3v) is 4.31. The van der Waals surface area contributed by atoms with Crippen molar-refractivity contribution in [3.63, 3.8) is 0 Å². The minimum absolute atomic E-state index is 0.171. The van der Waals surface area contributed by atoms with Crippen LogP contribution < -0.4 is 0 Å². The van der Waals surface area contributed by atoms with Crippen molar-refractivity contribution < 1.29 is 18.9 Å². The van der Waals surface area contributed by atoms with Gasteiger partial charge in [0.15, 0.2) is 5.92 Å². The summed E-state index contributed by atoms with van der Waals surface area (Å²) in [5, 5.41) is 0. The van der Waals surface area contributed by atoms with Gasteiger partial charge in [-0.2, -0.15) is 9.48 Å². The van der Waals surface area contributed by atoms with Crippen molar-refractivity contribution in [2.45, 2.75) is 26.8 Å². The first-order chi connectivity index (χ1) is 12.1. The Kier molecular flexibility index (Phi) is 4.74. The molecule has 0 spiro atoms. The molecule has 25 heavy (non-hydrogen) atoms. The molecule has 0 saturated carbocycles. The molecule has 0 bridgehead atoms. The molecule has 0 fully saturated rings. The summed E-state index contributed by atoms with van der Waals surface area (Å²) in [5.41, 5.74) is 1.67. The predicted octanol–water partition coefficient (Wildman–Crippen LogP) is 1.99. The molecule has 1 atom stereocenters. The number of carbonyl (C=O) groups is 2. The van der Waals surface area contributed by atoms with Crippen LogP contribution in [0.4, 0.5) is 4.79 Å². The van der Waals surface area contributed by atoms with Gasteiger partial charge < -0.3 is 4.74 Å². The molecular weight excluding hydrogens is 320 g/mol. The van der Waals surface area contributed by atoms with Gasteiger partial charge in [0.2, 0.25) is 0 Å². The molecule has 0 aromatic carbocycles. The first kappa shape index (κ1) is 17.0. The molecule has 2 aliphatic rings. The highest BCUT2D eigenvalue weighted by Crippen LogP contribution is 2.29. The van der Waals surface area contributed by atoms with E-state index < -0.39 is 11.9 Å². The van der Waals surface area contributed by atoms with Crippen LogP contribution in [-0.4, -0.2) is 52.1 Å². The van der Waals surface area contributed by atoms with E-state index in [1.807, 2.05) is 19.9 Å². The van der Waals surface area contributed by atoms with Crippen LogP contribution in [0.15, 0.2) is 40.9 Å². The summed E-state index contributed by atoms with van der Waals surface area (Å²) >= 11 is 0. The Morgan fingerprint density at radius 3 is 2.76 bits per heavy atom. The lowest BCUT2D eigenvalue weighted by Gasteiger charge is -2.29. The van der Waals surface area contributed by atoms with Gasteiger partial charge in [-0.1, -0.05) is 13.0 Å². The van der Waals surface area contributed by atoms with Crippen LogP contribution in [0.1, 0.15) is 25.8 Å². The zero-order valence-electron chi connectivity index (χ0n) is 14.6. The smallest absolute Gasteiger partial charge is 0.445 e. The van der Waals surface area contributed by atoms with Gasteiger partial charge in [0.05, 0.1) is 13.7 Å². The van der Waals surface area contributed by atoms with Crippen LogP contribution in [0.25, 0.3) is 0 Å². The summed E-state index contributed by atoms with van der Waals surface area (Å²) in [4.78, 5) is 35.4. The molecule has 1 unspecified atom stereocenters. The number of aromatic nitrogens is 1. The maximum absolute atomic E-state index is 13.1. The van der Waals surface area contributed by atoms with Crippen LogP contribution in [-0.2, 0) is 16.1 Å². The van der Waals surface area contributed by atoms with E-state index in [0.717, 1.165) is 11.1 Å². The minimum Gasteiger partial charge on any atom is -0.496 e. The molecule has 3 heterocycles. The van der Waals surface area contributed by atoms with Crippen LogP contribution in [0.3, 0.4) is 0 Å². The van der Waals surface area contributed by atoms with Gasteiger partial charge in [0, 0.05) is 23.5 Å². The van der Waals surface area contributed by atoms with Crippen molar-refractivity contribution in [2.24, 2.45) is 10.9 Å². The molecule has 7 heteroatoms. The van der Waals surface area contributed by atoms with E-state index in [4.69, 9.17) is 4.74 Å². The van der Waals surface area contributed by atoms with Crippen LogP contribution in [0, 0.1) is 5.92 Å². The number of aliphatic imine (C=N–C) groups is 1. The Bertz CT molecular complexity index is 796. The second kappa shape index (κ2) is 6.96. The van der Waals surface area contributed by atoms with E-state index in [2.05, 4.69) is 9.98 Å². The van der Waals surface area contributed by atoms with Gasteiger partial charge in [-0.05, 0) is 19.4 Å². The lowest BCUT2D eigenvalue weighted by Crippen LogP contribution is -2.54. The second-order valence-corrected chi connectivity index (χ2v) is 5.85. The number of rotatable bonds is 5. The number of allylic oxidation sites excluding steroid dienone is 1. The third kappa shape index (κ3) is 2.97. The number of carbonyl (C=O) groups excluding carboxylic acids is 2. The molecule has 0 N–H and O–H groups in total. The van der Waals surface area contributed by atoms with Crippen molar-refractivity contribution in [3.05, 3.63) is 41.4 Å². The van der Waals surface area contributed by atoms with E-state index in [1.54, 1.807) is 31.7 Å². The maximum atomic E-state index is 13.1. The number of amidine groups is 1. The van der Waals surface area contributed by atoms with E-state index in [9.17, 15) is 9.59 Å². The Morgan fingerprint density at radius 2 is 2.12 bits per heavy atom. The van der Waals surface area contributed by atoms with E-state index in [1.165, 1.54) is 9.48 Å². The van der Waals surface area contributed by atoms with Crippen molar-refractivity contribution >= 4 is 24.0 Å². The fourth-order valence-corrected chi connectivity index (χ4v) is 3.03. The molecule has 0 saturated heterocycles.